The summed E-state index contributed by atoms with van der Waals surface area (Å²) in [7, 11) is 1.83. The number of anilines is 1. The summed E-state index contributed by atoms with van der Waals surface area (Å²) in [6.07, 6.45) is 6.08. The molecule has 26 heavy (non-hydrogen) atoms. The van der Waals surface area contributed by atoms with Crippen molar-refractivity contribution in [3.63, 3.8) is 0 Å². The van der Waals surface area contributed by atoms with Crippen LogP contribution in [-0.4, -0.2) is 50.3 Å². The molecule has 1 aliphatic rings. The molecule has 1 aromatic carbocycles. The number of nitrogens with one attached hydrogen (secondary N) is 1. The molecular formula is C18H23N5O2S. The van der Waals surface area contributed by atoms with Gasteiger partial charge >= 0.3 is 0 Å². The van der Waals surface area contributed by atoms with Gasteiger partial charge in [-0.2, -0.15) is 0 Å². The van der Waals surface area contributed by atoms with Gasteiger partial charge in [-0.25, -0.2) is 0 Å². The molecule has 2 amide bonds. The number of aromatic nitrogens is 3. The first-order valence-corrected chi connectivity index (χ1v) is 9.78. The smallest absolute Gasteiger partial charge is 0.253 e. The van der Waals surface area contributed by atoms with Gasteiger partial charge in [-0.3, -0.25) is 9.59 Å². The van der Waals surface area contributed by atoms with Crippen molar-refractivity contribution in [2.24, 2.45) is 7.05 Å². The van der Waals surface area contributed by atoms with E-state index < -0.39 is 0 Å². The second-order valence-corrected chi connectivity index (χ2v) is 7.29. The molecule has 7 nitrogen and oxygen atoms in total. The van der Waals surface area contributed by atoms with E-state index in [2.05, 4.69) is 15.5 Å². The maximum Gasteiger partial charge on any atom is 0.253 e. The summed E-state index contributed by atoms with van der Waals surface area (Å²) in [5.74, 6) is 0.130. The SMILES string of the molecule is Cn1cnnc1SCC(=O)Nc1cccc(C(=O)N2CCCCCC2)c1. The molecule has 3 rings (SSSR count). The van der Waals surface area contributed by atoms with Crippen LogP contribution in [0.5, 0.6) is 0 Å². The normalized spacial score (nSPS) is 14.7. The third-order valence-corrected chi connectivity index (χ3v) is 5.32. The van der Waals surface area contributed by atoms with E-state index in [0.29, 0.717) is 16.4 Å². The van der Waals surface area contributed by atoms with Crippen LogP contribution in [0.15, 0.2) is 35.7 Å². The molecule has 1 aromatic heterocycles. The van der Waals surface area contributed by atoms with Gasteiger partial charge in [0.2, 0.25) is 5.91 Å². The van der Waals surface area contributed by atoms with Crippen molar-refractivity contribution in [2.75, 3.05) is 24.2 Å². The monoisotopic (exact) mass is 373 g/mol. The van der Waals surface area contributed by atoms with E-state index in [-0.39, 0.29) is 17.6 Å². The molecular weight excluding hydrogens is 350 g/mol. The summed E-state index contributed by atoms with van der Waals surface area (Å²) < 4.78 is 1.76. The van der Waals surface area contributed by atoms with Gasteiger partial charge in [0.1, 0.15) is 6.33 Å². The minimum atomic E-state index is -0.141. The number of nitrogens with zero attached hydrogens (tertiary/aromatic N) is 4. The molecule has 8 heteroatoms. The summed E-state index contributed by atoms with van der Waals surface area (Å²) in [6.45, 7) is 1.62. The maximum atomic E-state index is 12.7. The van der Waals surface area contributed by atoms with Gasteiger partial charge in [-0.15, -0.1) is 10.2 Å². The topological polar surface area (TPSA) is 80.1 Å². The molecule has 0 aliphatic carbocycles. The van der Waals surface area contributed by atoms with Crippen molar-refractivity contribution in [1.82, 2.24) is 19.7 Å². The Balaban J connectivity index is 1.58. The summed E-state index contributed by atoms with van der Waals surface area (Å²) in [5.41, 5.74) is 1.25. The maximum absolute atomic E-state index is 12.7. The molecule has 138 valence electrons. The minimum Gasteiger partial charge on any atom is -0.339 e. The third kappa shape index (κ3) is 4.85. The van der Waals surface area contributed by atoms with Gasteiger partial charge in [0.25, 0.3) is 5.91 Å². The van der Waals surface area contributed by atoms with E-state index in [9.17, 15) is 9.59 Å². The van der Waals surface area contributed by atoms with E-state index in [1.54, 1.807) is 35.2 Å². The molecule has 0 saturated carbocycles. The highest BCUT2D eigenvalue weighted by Crippen LogP contribution is 2.18. The number of rotatable bonds is 5. The highest BCUT2D eigenvalue weighted by atomic mass is 32.2. The minimum absolute atomic E-state index is 0.0384. The Morgan fingerprint density at radius 2 is 1.96 bits per heavy atom. The van der Waals surface area contributed by atoms with Gasteiger partial charge < -0.3 is 14.8 Å². The van der Waals surface area contributed by atoms with E-state index >= 15 is 0 Å². The summed E-state index contributed by atoms with van der Waals surface area (Å²) in [6, 6.07) is 7.15. The predicted octanol–water partition coefficient (Wildman–Crippen LogP) is 2.56. The zero-order valence-corrected chi connectivity index (χ0v) is 15.7. The van der Waals surface area contributed by atoms with Crippen molar-refractivity contribution >= 4 is 29.3 Å². The van der Waals surface area contributed by atoms with Gasteiger partial charge in [0.05, 0.1) is 5.75 Å². The first kappa shape index (κ1) is 18.4. The van der Waals surface area contributed by atoms with E-state index in [4.69, 9.17) is 0 Å². The standard InChI is InChI=1S/C18H23N5O2S/c1-22-13-19-21-18(22)26-12-16(24)20-15-8-6-7-14(11-15)17(25)23-9-4-2-3-5-10-23/h6-8,11,13H,2-5,9-10,12H2,1H3,(H,20,24). The number of benzene rings is 1. The number of carbonyl (C=O) groups excluding carboxylic acids is 2. The van der Waals surface area contributed by atoms with E-state index in [0.717, 1.165) is 25.9 Å². The number of amides is 2. The van der Waals surface area contributed by atoms with Crippen molar-refractivity contribution in [2.45, 2.75) is 30.8 Å². The molecule has 1 fully saturated rings. The summed E-state index contributed by atoms with van der Waals surface area (Å²) in [4.78, 5) is 26.8. The van der Waals surface area contributed by atoms with Crippen molar-refractivity contribution in [3.8, 4) is 0 Å². The van der Waals surface area contributed by atoms with Crippen molar-refractivity contribution in [1.29, 1.82) is 0 Å². The molecule has 0 spiro atoms. The first-order valence-electron chi connectivity index (χ1n) is 8.79. The Morgan fingerprint density at radius 1 is 1.19 bits per heavy atom. The Morgan fingerprint density at radius 3 is 2.65 bits per heavy atom. The summed E-state index contributed by atoms with van der Waals surface area (Å²) in [5, 5.41) is 11.3. The quantitative estimate of drug-likeness (QED) is 0.815. The van der Waals surface area contributed by atoms with Crippen LogP contribution in [0.25, 0.3) is 0 Å². The van der Waals surface area contributed by atoms with Crippen LogP contribution in [-0.2, 0) is 11.8 Å². The number of hydrogen-bond donors (Lipinski definition) is 1. The zero-order valence-electron chi connectivity index (χ0n) is 14.9. The van der Waals surface area contributed by atoms with Gasteiger partial charge in [-0.05, 0) is 31.0 Å². The molecule has 0 atom stereocenters. The fourth-order valence-corrected chi connectivity index (χ4v) is 3.60. The molecule has 1 aliphatic heterocycles. The van der Waals surface area contributed by atoms with Gasteiger partial charge in [0, 0.05) is 31.4 Å². The molecule has 1 N–H and O–H groups in total. The highest BCUT2D eigenvalue weighted by molar-refractivity contribution is 7.99. The van der Waals surface area contributed by atoms with Gasteiger partial charge in [-0.1, -0.05) is 30.7 Å². The van der Waals surface area contributed by atoms with Crippen LogP contribution in [0.1, 0.15) is 36.0 Å². The Labute approximate surface area is 157 Å². The van der Waals surface area contributed by atoms with Crippen molar-refractivity contribution < 1.29 is 9.59 Å². The number of hydrogen-bond acceptors (Lipinski definition) is 5. The lowest BCUT2D eigenvalue weighted by Crippen LogP contribution is -2.31. The number of carbonyl (C=O) groups is 2. The molecule has 0 unspecified atom stereocenters. The van der Waals surface area contributed by atoms with Crippen LogP contribution in [0.3, 0.4) is 0 Å². The fourth-order valence-electron chi connectivity index (χ4n) is 2.92. The number of aryl methyl sites for hydroxylation is 1. The lowest BCUT2D eigenvalue weighted by atomic mass is 10.1. The van der Waals surface area contributed by atoms with Crippen LogP contribution in [0.4, 0.5) is 5.69 Å². The van der Waals surface area contributed by atoms with Crippen LogP contribution >= 0.6 is 11.8 Å². The van der Waals surface area contributed by atoms with Crippen LogP contribution < -0.4 is 5.32 Å². The molecule has 2 aromatic rings. The van der Waals surface area contributed by atoms with E-state index in [1.807, 2.05) is 11.9 Å². The zero-order chi connectivity index (χ0) is 18.4. The number of thioether (sulfide) groups is 1. The predicted molar refractivity (Wildman–Crippen MR) is 101 cm³/mol. The molecule has 0 radical (unpaired) electrons. The fraction of sp³-hybridized carbons (Fsp3) is 0.444. The third-order valence-electron chi connectivity index (χ3n) is 4.29. The van der Waals surface area contributed by atoms with E-state index in [1.165, 1.54) is 24.6 Å². The lowest BCUT2D eigenvalue weighted by Gasteiger charge is -2.20. The first-order chi connectivity index (χ1) is 12.6. The largest absolute Gasteiger partial charge is 0.339 e. The summed E-state index contributed by atoms with van der Waals surface area (Å²) >= 11 is 1.32. The molecule has 1 saturated heterocycles. The Bertz CT molecular complexity index is 768. The lowest BCUT2D eigenvalue weighted by molar-refractivity contribution is -0.113. The second-order valence-electron chi connectivity index (χ2n) is 6.35. The Kier molecular flexibility index (Phi) is 6.27. The van der Waals surface area contributed by atoms with Crippen LogP contribution in [0, 0.1) is 0 Å². The van der Waals surface area contributed by atoms with Gasteiger partial charge in [0.15, 0.2) is 5.16 Å². The Hall–Kier alpha value is -2.35. The average molecular weight is 373 g/mol. The average Bonchev–Trinajstić information content (AvgIpc) is 2.88. The number of likely N-dealkylation sites (tertiary alicyclic amines) is 1. The van der Waals surface area contributed by atoms with Crippen molar-refractivity contribution in [3.05, 3.63) is 36.2 Å². The molecule has 0 bridgehead atoms. The van der Waals surface area contributed by atoms with Crippen LogP contribution in [0.2, 0.25) is 0 Å². The highest BCUT2D eigenvalue weighted by Gasteiger charge is 2.17. The second kappa shape index (κ2) is 8.84. The molecule has 2 heterocycles.